The Hall–Kier alpha value is -3.06. The van der Waals surface area contributed by atoms with Crippen molar-refractivity contribution in [3.63, 3.8) is 0 Å². The van der Waals surface area contributed by atoms with E-state index in [1.807, 2.05) is 42.5 Å². The highest BCUT2D eigenvalue weighted by Gasteiger charge is 2.23. The van der Waals surface area contributed by atoms with Gasteiger partial charge in [0.1, 0.15) is 5.75 Å². The van der Waals surface area contributed by atoms with Gasteiger partial charge in [-0.3, -0.25) is 14.5 Å². The van der Waals surface area contributed by atoms with Crippen LogP contribution < -0.4 is 10.6 Å². The summed E-state index contributed by atoms with van der Waals surface area (Å²) < 4.78 is 0. The molecule has 154 valence electrons. The third-order valence-electron chi connectivity index (χ3n) is 5.15. The lowest BCUT2D eigenvalue weighted by atomic mass is 10.2. The molecule has 0 radical (unpaired) electrons. The molecular weight excluding hydrogens is 368 g/mol. The number of phenols is 1. The summed E-state index contributed by atoms with van der Waals surface area (Å²) >= 11 is 0. The van der Waals surface area contributed by atoms with Gasteiger partial charge in [0.05, 0.1) is 12.2 Å². The number of piperazine rings is 1. The van der Waals surface area contributed by atoms with Gasteiger partial charge in [0, 0.05) is 45.7 Å². The lowest BCUT2D eigenvalue weighted by Crippen LogP contribution is -2.50. The van der Waals surface area contributed by atoms with E-state index in [0.717, 1.165) is 37.4 Å². The molecule has 3 N–H and O–H groups in total. The first kappa shape index (κ1) is 20.7. The number of anilines is 1. The zero-order valence-corrected chi connectivity index (χ0v) is 16.5. The smallest absolute Gasteiger partial charge is 0.237 e. The molecule has 1 aliphatic rings. The second kappa shape index (κ2) is 9.93. The number of benzene rings is 2. The lowest BCUT2D eigenvalue weighted by Gasteiger charge is -2.36. The normalized spacial score (nSPS) is 14.6. The van der Waals surface area contributed by atoms with Crippen molar-refractivity contribution in [3.8, 4) is 5.75 Å². The van der Waals surface area contributed by atoms with E-state index in [1.165, 1.54) is 0 Å². The molecule has 2 amide bonds. The molecule has 1 fully saturated rings. The molecule has 2 aromatic carbocycles. The number of carbonyl (C=O) groups excluding carboxylic acids is 2. The van der Waals surface area contributed by atoms with Crippen molar-refractivity contribution in [1.82, 2.24) is 9.80 Å². The highest BCUT2D eigenvalue weighted by Crippen LogP contribution is 2.27. The van der Waals surface area contributed by atoms with Crippen LogP contribution in [0.5, 0.6) is 5.75 Å². The van der Waals surface area contributed by atoms with Crippen LogP contribution in [-0.2, 0) is 16.1 Å². The molecule has 0 spiro atoms. The van der Waals surface area contributed by atoms with E-state index >= 15 is 0 Å². The average Bonchev–Trinajstić information content (AvgIpc) is 2.73. The monoisotopic (exact) mass is 396 g/mol. The molecule has 0 unspecified atom stereocenters. The molecule has 1 aliphatic heterocycles. The van der Waals surface area contributed by atoms with Crippen molar-refractivity contribution in [2.75, 3.05) is 44.2 Å². The van der Waals surface area contributed by atoms with Crippen LogP contribution in [0.2, 0.25) is 0 Å². The average molecular weight is 396 g/mol. The number of aromatic hydroxyl groups is 1. The number of nitrogens with two attached hydrogens (primary N) is 1. The number of phenolic OH excluding ortho intramolecular Hbond substituents is 1. The SMILES string of the molecule is NC(=O)CCN(Cc1ccccc1)C(=O)CN1CCN(c2ccccc2O)CC1. The number of carbonyl (C=O) groups is 2. The van der Waals surface area contributed by atoms with Gasteiger partial charge in [-0.15, -0.1) is 0 Å². The van der Waals surface area contributed by atoms with Gasteiger partial charge in [-0.2, -0.15) is 0 Å². The maximum Gasteiger partial charge on any atom is 0.237 e. The molecule has 7 heteroatoms. The minimum Gasteiger partial charge on any atom is -0.506 e. The van der Waals surface area contributed by atoms with Crippen molar-refractivity contribution in [1.29, 1.82) is 0 Å². The Bertz CT molecular complexity index is 820. The van der Waals surface area contributed by atoms with Crippen LogP contribution >= 0.6 is 0 Å². The summed E-state index contributed by atoms with van der Waals surface area (Å²) in [5, 5.41) is 10.0. The maximum atomic E-state index is 12.9. The number of rotatable bonds is 8. The summed E-state index contributed by atoms with van der Waals surface area (Å²) in [5.41, 5.74) is 7.14. The van der Waals surface area contributed by atoms with Gasteiger partial charge in [-0.25, -0.2) is 0 Å². The number of primary amides is 1. The van der Waals surface area contributed by atoms with E-state index < -0.39 is 5.91 Å². The molecular formula is C22H28N4O3. The van der Waals surface area contributed by atoms with Gasteiger partial charge in [0.15, 0.2) is 0 Å². The van der Waals surface area contributed by atoms with Crippen LogP contribution in [0.15, 0.2) is 54.6 Å². The molecule has 0 saturated carbocycles. The molecule has 0 atom stereocenters. The van der Waals surface area contributed by atoms with E-state index in [2.05, 4.69) is 9.80 Å². The number of amides is 2. The van der Waals surface area contributed by atoms with Crippen LogP contribution in [-0.4, -0.2) is 66.0 Å². The van der Waals surface area contributed by atoms with Crippen molar-refractivity contribution in [2.45, 2.75) is 13.0 Å². The van der Waals surface area contributed by atoms with E-state index in [9.17, 15) is 14.7 Å². The Balaban J connectivity index is 1.56. The number of para-hydroxylation sites is 2. The van der Waals surface area contributed by atoms with E-state index in [0.29, 0.717) is 19.6 Å². The van der Waals surface area contributed by atoms with Crippen molar-refractivity contribution in [3.05, 3.63) is 60.2 Å². The van der Waals surface area contributed by atoms with E-state index in [4.69, 9.17) is 5.73 Å². The molecule has 0 aliphatic carbocycles. The van der Waals surface area contributed by atoms with Crippen molar-refractivity contribution < 1.29 is 14.7 Å². The van der Waals surface area contributed by atoms with Crippen LogP contribution in [0, 0.1) is 0 Å². The van der Waals surface area contributed by atoms with Crippen LogP contribution in [0.25, 0.3) is 0 Å². The van der Waals surface area contributed by atoms with Gasteiger partial charge < -0.3 is 20.6 Å². The highest BCUT2D eigenvalue weighted by atomic mass is 16.3. The molecule has 7 nitrogen and oxygen atoms in total. The lowest BCUT2D eigenvalue weighted by molar-refractivity contribution is -0.133. The second-order valence-electron chi connectivity index (χ2n) is 7.27. The summed E-state index contributed by atoms with van der Waals surface area (Å²) in [7, 11) is 0. The van der Waals surface area contributed by atoms with Gasteiger partial charge >= 0.3 is 0 Å². The van der Waals surface area contributed by atoms with Gasteiger partial charge in [-0.1, -0.05) is 42.5 Å². The summed E-state index contributed by atoms with van der Waals surface area (Å²) in [6.07, 6.45) is 0.152. The Morgan fingerprint density at radius 2 is 1.62 bits per heavy atom. The Kier molecular flexibility index (Phi) is 7.08. The summed E-state index contributed by atoms with van der Waals surface area (Å²) in [4.78, 5) is 30.1. The standard InChI is InChI=1S/C22H28N4O3/c23-21(28)10-11-26(16-18-6-2-1-3-7-18)22(29)17-24-12-14-25(15-13-24)19-8-4-5-9-20(19)27/h1-9,27H,10-17H2,(H2,23,28). The molecule has 0 bridgehead atoms. The highest BCUT2D eigenvalue weighted by molar-refractivity contribution is 5.79. The summed E-state index contributed by atoms with van der Waals surface area (Å²) in [5.74, 6) is -0.143. The first-order chi connectivity index (χ1) is 14.0. The third-order valence-corrected chi connectivity index (χ3v) is 5.15. The van der Waals surface area contributed by atoms with Gasteiger partial charge in [0.2, 0.25) is 11.8 Å². The third kappa shape index (κ3) is 5.96. The Labute approximate surface area is 171 Å². The van der Waals surface area contributed by atoms with Crippen molar-refractivity contribution >= 4 is 17.5 Å². The van der Waals surface area contributed by atoms with Gasteiger partial charge in [0.25, 0.3) is 0 Å². The van der Waals surface area contributed by atoms with E-state index in [-0.39, 0.29) is 18.1 Å². The fourth-order valence-corrected chi connectivity index (χ4v) is 3.51. The molecule has 3 rings (SSSR count). The number of nitrogens with zero attached hydrogens (tertiary/aromatic N) is 3. The topological polar surface area (TPSA) is 90.1 Å². The van der Waals surface area contributed by atoms with Crippen molar-refractivity contribution in [2.24, 2.45) is 5.73 Å². The Morgan fingerprint density at radius 1 is 0.966 bits per heavy atom. The maximum absolute atomic E-state index is 12.9. The molecule has 29 heavy (non-hydrogen) atoms. The Morgan fingerprint density at radius 3 is 2.28 bits per heavy atom. The van der Waals surface area contributed by atoms with Crippen LogP contribution in [0.3, 0.4) is 0 Å². The quantitative estimate of drug-likeness (QED) is 0.704. The zero-order chi connectivity index (χ0) is 20.6. The molecule has 0 aromatic heterocycles. The zero-order valence-electron chi connectivity index (χ0n) is 16.5. The van der Waals surface area contributed by atoms with E-state index in [1.54, 1.807) is 17.0 Å². The molecule has 1 saturated heterocycles. The summed E-state index contributed by atoms with van der Waals surface area (Å²) in [6, 6.07) is 17.0. The number of hydrogen-bond donors (Lipinski definition) is 2. The second-order valence-corrected chi connectivity index (χ2v) is 7.27. The fourth-order valence-electron chi connectivity index (χ4n) is 3.51. The minimum atomic E-state index is -0.410. The molecule has 1 heterocycles. The van der Waals surface area contributed by atoms with Crippen LogP contribution in [0.4, 0.5) is 5.69 Å². The predicted molar refractivity (Wildman–Crippen MR) is 112 cm³/mol. The first-order valence-electron chi connectivity index (χ1n) is 9.88. The first-order valence-corrected chi connectivity index (χ1v) is 9.88. The predicted octanol–water partition coefficient (Wildman–Crippen LogP) is 1.42. The minimum absolute atomic E-state index is 0.00823. The number of hydrogen-bond acceptors (Lipinski definition) is 5. The fraction of sp³-hybridized carbons (Fsp3) is 0.364. The molecule has 2 aromatic rings. The largest absolute Gasteiger partial charge is 0.506 e. The van der Waals surface area contributed by atoms with Gasteiger partial charge in [-0.05, 0) is 17.7 Å². The van der Waals surface area contributed by atoms with Crippen LogP contribution in [0.1, 0.15) is 12.0 Å². The summed E-state index contributed by atoms with van der Waals surface area (Å²) in [6.45, 7) is 4.03.